The summed E-state index contributed by atoms with van der Waals surface area (Å²) >= 11 is 0. The minimum Gasteiger partial charge on any atom is -0.265 e. The van der Waals surface area contributed by atoms with Gasteiger partial charge in [0.15, 0.2) is 0 Å². The molecule has 2 rings (SSSR count). The Hall–Kier alpha value is -1.64. The van der Waals surface area contributed by atoms with E-state index in [4.69, 9.17) is 0 Å². The van der Waals surface area contributed by atoms with Crippen molar-refractivity contribution in [3.63, 3.8) is 0 Å². The maximum atomic E-state index is 12.5. The zero-order valence-corrected chi connectivity index (χ0v) is 7.02. The van der Waals surface area contributed by atoms with Crippen molar-refractivity contribution >= 4 is 0 Å². The fraction of sp³-hybridized carbons (Fsp3) is 0.100. The third kappa shape index (κ3) is 1.93. The van der Waals surface area contributed by atoms with E-state index in [-0.39, 0.29) is 0 Å². The van der Waals surface area contributed by atoms with Crippen LogP contribution in [0.3, 0.4) is 0 Å². The summed E-state index contributed by atoms with van der Waals surface area (Å²) in [5.74, 6) is -0.434. The molecule has 1 aromatic heterocycles. The highest BCUT2D eigenvalue weighted by Gasteiger charge is 1.96. The van der Waals surface area contributed by atoms with Gasteiger partial charge in [-0.15, -0.1) is 5.10 Å². The minimum absolute atomic E-state index is 0.434. The molecule has 2 nitrogen and oxygen atoms in total. The second-order valence-electron chi connectivity index (χ2n) is 2.82. The van der Waals surface area contributed by atoms with Crippen molar-refractivity contribution < 1.29 is 4.39 Å². The van der Waals surface area contributed by atoms with Crippen LogP contribution in [0.25, 0.3) is 0 Å². The third-order valence-corrected chi connectivity index (χ3v) is 1.80. The van der Waals surface area contributed by atoms with Crippen LogP contribution in [0.2, 0.25) is 0 Å². The molecule has 0 aliphatic heterocycles. The first-order chi connectivity index (χ1) is 6.34. The summed E-state index contributed by atoms with van der Waals surface area (Å²) in [7, 11) is 0. The van der Waals surface area contributed by atoms with Gasteiger partial charge in [-0.2, -0.15) is 4.39 Å². The van der Waals surface area contributed by atoms with E-state index in [1.54, 1.807) is 10.9 Å². The van der Waals surface area contributed by atoms with Crippen LogP contribution < -0.4 is 0 Å². The van der Waals surface area contributed by atoms with Crippen LogP contribution in [0.4, 0.5) is 4.39 Å². The number of hydrogen-bond acceptors (Lipinski definition) is 1. The van der Waals surface area contributed by atoms with E-state index in [0.29, 0.717) is 6.54 Å². The third-order valence-electron chi connectivity index (χ3n) is 1.80. The lowest BCUT2D eigenvalue weighted by Gasteiger charge is -1.99. The fourth-order valence-electron chi connectivity index (χ4n) is 1.20. The molecule has 0 radical (unpaired) electrons. The van der Waals surface area contributed by atoms with Gasteiger partial charge in [0.2, 0.25) is 5.95 Å². The molecular weight excluding hydrogens is 167 g/mol. The van der Waals surface area contributed by atoms with Crippen LogP contribution >= 0.6 is 0 Å². The molecule has 13 heavy (non-hydrogen) atoms. The van der Waals surface area contributed by atoms with Crippen molar-refractivity contribution in [1.82, 2.24) is 9.78 Å². The molecule has 0 aliphatic carbocycles. The molecule has 0 bridgehead atoms. The van der Waals surface area contributed by atoms with Crippen LogP contribution in [-0.4, -0.2) is 9.78 Å². The van der Waals surface area contributed by atoms with Gasteiger partial charge in [0.25, 0.3) is 0 Å². The molecule has 0 N–H and O–H groups in total. The molecule has 66 valence electrons. The predicted molar refractivity (Wildman–Crippen MR) is 47.7 cm³/mol. The van der Waals surface area contributed by atoms with Crippen LogP contribution in [0, 0.1) is 5.95 Å². The van der Waals surface area contributed by atoms with Gasteiger partial charge in [-0.25, -0.2) is 0 Å². The van der Waals surface area contributed by atoms with E-state index in [1.165, 1.54) is 6.07 Å². The van der Waals surface area contributed by atoms with E-state index in [2.05, 4.69) is 5.10 Å². The summed E-state index contributed by atoms with van der Waals surface area (Å²) in [6.45, 7) is 0.616. The summed E-state index contributed by atoms with van der Waals surface area (Å²) < 4.78 is 14.1. The van der Waals surface area contributed by atoms with E-state index in [0.717, 1.165) is 5.56 Å². The second kappa shape index (κ2) is 3.39. The van der Waals surface area contributed by atoms with Gasteiger partial charge in [-0.05, 0) is 5.56 Å². The number of benzene rings is 1. The van der Waals surface area contributed by atoms with Gasteiger partial charge >= 0.3 is 0 Å². The summed E-state index contributed by atoms with van der Waals surface area (Å²) in [5, 5.41) is 3.66. The highest BCUT2D eigenvalue weighted by molar-refractivity contribution is 5.14. The molecule has 0 aliphatic rings. The van der Waals surface area contributed by atoms with Crippen molar-refractivity contribution in [2.24, 2.45) is 0 Å². The fourth-order valence-corrected chi connectivity index (χ4v) is 1.20. The molecule has 0 unspecified atom stereocenters. The number of nitrogens with zero attached hydrogens (tertiary/aromatic N) is 2. The normalized spacial score (nSPS) is 10.2. The number of rotatable bonds is 2. The van der Waals surface area contributed by atoms with Crippen LogP contribution in [0.15, 0.2) is 42.6 Å². The lowest BCUT2D eigenvalue weighted by atomic mass is 10.2. The minimum atomic E-state index is -0.434. The van der Waals surface area contributed by atoms with Crippen molar-refractivity contribution in [3.8, 4) is 0 Å². The van der Waals surface area contributed by atoms with E-state index < -0.39 is 5.95 Å². The Bertz CT molecular complexity index is 381. The van der Waals surface area contributed by atoms with Gasteiger partial charge in [0, 0.05) is 12.3 Å². The Balaban J connectivity index is 2.15. The average molecular weight is 176 g/mol. The molecule has 0 spiro atoms. The van der Waals surface area contributed by atoms with Crippen LogP contribution in [0.1, 0.15) is 5.56 Å². The molecule has 3 heteroatoms. The zero-order valence-electron chi connectivity index (χ0n) is 7.02. The molecule has 0 saturated carbocycles. The van der Waals surface area contributed by atoms with Gasteiger partial charge < -0.3 is 0 Å². The smallest absolute Gasteiger partial charge is 0.232 e. The van der Waals surface area contributed by atoms with E-state index in [9.17, 15) is 4.39 Å². The Morgan fingerprint density at radius 1 is 1.15 bits per heavy atom. The molecular formula is C10H9FN2. The molecule has 0 atom stereocenters. The predicted octanol–water partition coefficient (Wildman–Crippen LogP) is 2.07. The first-order valence-corrected chi connectivity index (χ1v) is 4.07. The molecule has 0 amide bonds. The topological polar surface area (TPSA) is 17.8 Å². The first kappa shape index (κ1) is 7.98. The second-order valence-corrected chi connectivity index (χ2v) is 2.82. The highest BCUT2D eigenvalue weighted by atomic mass is 19.1. The molecule has 0 fully saturated rings. The Morgan fingerprint density at radius 3 is 2.54 bits per heavy atom. The molecule has 0 saturated heterocycles. The average Bonchev–Trinajstić information content (AvgIpc) is 2.53. The largest absolute Gasteiger partial charge is 0.265 e. The van der Waals surface area contributed by atoms with E-state index in [1.807, 2.05) is 30.3 Å². The Labute approximate surface area is 75.6 Å². The zero-order chi connectivity index (χ0) is 9.10. The van der Waals surface area contributed by atoms with Gasteiger partial charge in [-0.3, -0.25) is 4.68 Å². The van der Waals surface area contributed by atoms with Gasteiger partial charge in [0.05, 0.1) is 6.54 Å². The van der Waals surface area contributed by atoms with Gasteiger partial charge in [0.1, 0.15) is 0 Å². The Kier molecular flexibility index (Phi) is 2.08. The number of halogens is 1. The lowest BCUT2D eigenvalue weighted by molar-refractivity contribution is 0.540. The standard InChI is InChI=1S/C10H9FN2/c11-10-6-7-13(12-10)8-9-4-2-1-3-5-9/h1-7H,8H2. The Morgan fingerprint density at radius 2 is 1.92 bits per heavy atom. The van der Waals surface area contributed by atoms with Crippen LogP contribution in [-0.2, 0) is 6.54 Å². The highest BCUT2D eigenvalue weighted by Crippen LogP contribution is 2.01. The monoisotopic (exact) mass is 176 g/mol. The molecule has 1 aromatic carbocycles. The maximum Gasteiger partial charge on any atom is 0.232 e. The van der Waals surface area contributed by atoms with Crippen molar-refractivity contribution in [2.75, 3.05) is 0 Å². The SMILES string of the molecule is Fc1ccn(Cc2ccccc2)n1. The van der Waals surface area contributed by atoms with Crippen molar-refractivity contribution in [1.29, 1.82) is 0 Å². The van der Waals surface area contributed by atoms with Crippen molar-refractivity contribution in [2.45, 2.75) is 6.54 Å². The number of hydrogen-bond donors (Lipinski definition) is 0. The molecule has 1 heterocycles. The lowest BCUT2D eigenvalue weighted by Crippen LogP contribution is -1.99. The summed E-state index contributed by atoms with van der Waals surface area (Å²) in [5.41, 5.74) is 1.12. The number of aromatic nitrogens is 2. The summed E-state index contributed by atoms with van der Waals surface area (Å²) in [6, 6.07) is 11.2. The maximum absolute atomic E-state index is 12.5. The molecule has 2 aromatic rings. The quantitative estimate of drug-likeness (QED) is 0.685. The summed E-state index contributed by atoms with van der Waals surface area (Å²) in [6.07, 6.45) is 1.63. The van der Waals surface area contributed by atoms with Gasteiger partial charge in [-0.1, -0.05) is 30.3 Å². The summed E-state index contributed by atoms with van der Waals surface area (Å²) in [4.78, 5) is 0. The first-order valence-electron chi connectivity index (χ1n) is 4.07. The van der Waals surface area contributed by atoms with Crippen LogP contribution in [0.5, 0.6) is 0 Å². The van der Waals surface area contributed by atoms with Crippen molar-refractivity contribution in [3.05, 3.63) is 54.1 Å². The van der Waals surface area contributed by atoms with E-state index >= 15 is 0 Å².